The summed E-state index contributed by atoms with van der Waals surface area (Å²) in [6.45, 7) is 9.25. The predicted molar refractivity (Wildman–Crippen MR) is 199 cm³/mol. The van der Waals surface area contributed by atoms with Crippen LogP contribution in [0.4, 0.5) is 4.79 Å². The van der Waals surface area contributed by atoms with Crippen molar-refractivity contribution in [2.45, 2.75) is 120 Å². The fourth-order valence-corrected chi connectivity index (χ4v) is 9.17. The van der Waals surface area contributed by atoms with E-state index >= 15 is 0 Å². The average Bonchev–Trinajstić information content (AvgIpc) is 4.04. The molecule has 2 bridgehead atoms. The molecule has 7 atom stereocenters. The van der Waals surface area contributed by atoms with Crippen LogP contribution < -0.4 is 24.8 Å². The number of hydrogen-bond donors (Lipinski definition) is 3. The van der Waals surface area contributed by atoms with E-state index in [9.17, 15) is 27.6 Å². The number of ether oxygens (including phenoxy) is 3. The monoisotopic (exact) mass is 765 g/mol. The molecule has 2 aliphatic heterocycles. The molecule has 7 rings (SSSR count). The van der Waals surface area contributed by atoms with Gasteiger partial charge in [-0.1, -0.05) is 39.7 Å². The second-order valence-corrected chi connectivity index (χ2v) is 18.6. The van der Waals surface area contributed by atoms with E-state index in [4.69, 9.17) is 19.2 Å². The molecule has 2 unspecified atom stereocenters. The van der Waals surface area contributed by atoms with Crippen molar-refractivity contribution in [1.82, 2.24) is 25.2 Å². The van der Waals surface area contributed by atoms with Crippen LogP contribution in [0.25, 0.3) is 10.9 Å². The lowest BCUT2D eigenvalue weighted by atomic mass is 9.85. The van der Waals surface area contributed by atoms with Gasteiger partial charge in [0.25, 0.3) is 5.91 Å². The first-order valence-electron chi connectivity index (χ1n) is 19.0. The third-order valence-electron chi connectivity index (χ3n) is 11.4. The Labute approximate surface area is 316 Å². The fourth-order valence-electron chi connectivity index (χ4n) is 7.80. The number of aryl methyl sites for hydroxylation is 1. The van der Waals surface area contributed by atoms with E-state index in [0.29, 0.717) is 30.8 Å². The van der Waals surface area contributed by atoms with Crippen LogP contribution in [-0.2, 0) is 35.6 Å². The first kappa shape index (κ1) is 37.9. The summed E-state index contributed by atoms with van der Waals surface area (Å²) in [5.74, 6) is -1.01. The molecule has 292 valence electrons. The summed E-state index contributed by atoms with van der Waals surface area (Å²) in [5.41, 5.74) is -0.763. The molecule has 54 heavy (non-hydrogen) atoms. The smallest absolute Gasteiger partial charge is 0.408 e. The van der Waals surface area contributed by atoms with Gasteiger partial charge in [0.1, 0.15) is 41.3 Å². The van der Waals surface area contributed by atoms with E-state index < -0.39 is 74.1 Å². The third-order valence-corrected chi connectivity index (χ3v) is 13.3. The van der Waals surface area contributed by atoms with Gasteiger partial charge < -0.3 is 29.7 Å². The van der Waals surface area contributed by atoms with Crippen molar-refractivity contribution in [3.05, 3.63) is 42.6 Å². The molecule has 1 aromatic carbocycles. The summed E-state index contributed by atoms with van der Waals surface area (Å²) >= 11 is 0. The van der Waals surface area contributed by atoms with Gasteiger partial charge in [-0.15, -0.1) is 6.58 Å². The van der Waals surface area contributed by atoms with E-state index in [-0.39, 0.29) is 31.4 Å². The topological polar surface area (TPSA) is 182 Å². The van der Waals surface area contributed by atoms with E-state index in [2.05, 4.69) is 21.9 Å². The Bertz CT molecular complexity index is 1960. The van der Waals surface area contributed by atoms with E-state index in [1.165, 1.54) is 11.0 Å². The van der Waals surface area contributed by atoms with E-state index in [0.717, 1.165) is 48.7 Å². The molecule has 3 saturated carbocycles. The molecule has 0 radical (unpaired) electrons. The van der Waals surface area contributed by atoms with Crippen molar-refractivity contribution >= 4 is 44.7 Å². The second-order valence-electron chi connectivity index (χ2n) is 16.6. The van der Waals surface area contributed by atoms with Gasteiger partial charge in [0.15, 0.2) is 0 Å². The number of pyridine rings is 1. The molecule has 1 saturated heterocycles. The number of rotatable bonds is 7. The predicted octanol–water partition coefficient (Wildman–Crippen LogP) is 3.91. The zero-order valence-corrected chi connectivity index (χ0v) is 32.2. The minimum atomic E-state index is -3.89. The molecule has 3 N–H and O–H groups in total. The number of fused-ring (bicyclic) bond motifs is 5. The number of carbonyl (C=O) groups excluding carboxylic acids is 4. The standard InChI is InChI=1S/C39H51N5O9S/c1-6-24-20-39(24,36(47)43-54(49,50)27-13-14-27)42-34(45)30-19-26-21-44(30)35(46)33(38(2,3)4)41-37(48)53-31-17-22(31)10-8-7-9-11-29-32(52-26)18-23-16-25(51-5)12-15-28(23)40-29/h6,12,15-16,18,22,24,26-27,30-31,33H,1,7-11,13-14,17,19-21H2,2-5H3,(H,41,48)(H,42,45)(H,43,47)/t22-,24+,26?,30-,31-,33?,39+/m0/s1. The van der Waals surface area contributed by atoms with Crippen molar-refractivity contribution < 1.29 is 41.8 Å². The molecule has 15 heteroatoms. The summed E-state index contributed by atoms with van der Waals surface area (Å²) in [5, 5.41) is 5.81. The van der Waals surface area contributed by atoms with Gasteiger partial charge in [0, 0.05) is 17.7 Å². The third kappa shape index (κ3) is 7.87. The summed E-state index contributed by atoms with van der Waals surface area (Å²) in [4.78, 5) is 62.1. The Kier molecular flexibility index (Phi) is 10.1. The summed E-state index contributed by atoms with van der Waals surface area (Å²) < 4.78 is 45.5. The van der Waals surface area contributed by atoms with Gasteiger partial charge in [-0.3, -0.25) is 19.1 Å². The van der Waals surface area contributed by atoms with Gasteiger partial charge in [0.05, 0.1) is 30.1 Å². The molecule has 0 spiro atoms. The lowest BCUT2D eigenvalue weighted by Gasteiger charge is -2.35. The van der Waals surface area contributed by atoms with Gasteiger partial charge in [0.2, 0.25) is 21.8 Å². The Morgan fingerprint density at radius 3 is 2.56 bits per heavy atom. The molecule has 2 aromatic rings. The Balaban J connectivity index is 1.22. The average molecular weight is 766 g/mol. The molecule has 3 aliphatic carbocycles. The Morgan fingerprint density at radius 2 is 1.87 bits per heavy atom. The van der Waals surface area contributed by atoms with Gasteiger partial charge in [-0.2, -0.15) is 0 Å². The van der Waals surface area contributed by atoms with Crippen LogP contribution in [0.2, 0.25) is 0 Å². The van der Waals surface area contributed by atoms with Crippen molar-refractivity contribution in [2.75, 3.05) is 13.7 Å². The minimum Gasteiger partial charge on any atom is -0.497 e. The highest BCUT2D eigenvalue weighted by molar-refractivity contribution is 7.91. The molecule has 5 aliphatic rings. The van der Waals surface area contributed by atoms with Crippen molar-refractivity contribution in [3.63, 3.8) is 0 Å². The number of amides is 4. The SMILES string of the molecule is C=C[C@@H]1C[C@]1(NC(=O)[C@@H]1CC2CN1C(=O)C(C(C)(C)C)NC(=O)O[C@H]1C[C@@H]1CCCCCc1nc3ccc(OC)cc3cc1O2)C(=O)NS(=O)(=O)C1CC1. The maximum Gasteiger partial charge on any atom is 0.408 e. The highest BCUT2D eigenvalue weighted by Crippen LogP contribution is 2.46. The lowest BCUT2D eigenvalue weighted by Crippen LogP contribution is -2.60. The van der Waals surface area contributed by atoms with Gasteiger partial charge in [-0.25, -0.2) is 18.2 Å². The molecular formula is C39H51N5O9S. The molecule has 1 aromatic heterocycles. The molecule has 4 amide bonds. The summed E-state index contributed by atoms with van der Waals surface area (Å²) in [6.07, 6.45) is 6.26. The number of hydrogen-bond acceptors (Lipinski definition) is 10. The number of alkyl carbamates (subject to hydrolysis) is 1. The van der Waals surface area contributed by atoms with Crippen LogP contribution in [0, 0.1) is 17.3 Å². The van der Waals surface area contributed by atoms with E-state index in [1.807, 2.05) is 45.0 Å². The van der Waals surface area contributed by atoms with Crippen LogP contribution in [0.3, 0.4) is 0 Å². The number of nitrogens with one attached hydrogen (secondary N) is 3. The van der Waals surface area contributed by atoms with Gasteiger partial charge in [-0.05, 0) is 80.5 Å². The molecule has 14 nitrogen and oxygen atoms in total. The molecule has 4 fully saturated rings. The normalized spacial score (nSPS) is 30.3. The number of methoxy groups -OCH3 is 1. The first-order valence-corrected chi connectivity index (χ1v) is 20.6. The van der Waals surface area contributed by atoms with Crippen molar-refractivity contribution in [3.8, 4) is 11.5 Å². The maximum atomic E-state index is 14.6. The highest BCUT2D eigenvalue weighted by atomic mass is 32.2. The molecule has 3 heterocycles. The van der Waals surface area contributed by atoms with Crippen LogP contribution in [0.1, 0.15) is 84.3 Å². The van der Waals surface area contributed by atoms with Crippen LogP contribution in [-0.4, -0.2) is 90.9 Å². The minimum absolute atomic E-state index is 0.000652. The number of aromatic nitrogens is 1. The zero-order valence-electron chi connectivity index (χ0n) is 31.4. The van der Waals surface area contributed by atoms with Crippen molar-refractivity contribution in [2.24, 2.45) is 17.3 Å². The van der Waals surface area contributed by atoms with E-state index in [1.54, 1.807) is 7.11 Å². The second kappa shape index (κ2) is 14.3. The maximum absolute atomic E-state index is 14.6. The highest BCUT2D eigenvalue weighted by Gasteiger charge is 2.62. The van der Waals surface area contributed by atoms with Crippen LogP contribution >= 0.6 is 0 Å². The number of benzene rings is 1. The summed E-state index contributed by atoms with van der Waals surface area (Å²) in [6, 6.07) is 5.37. The Morgan fingerprint density at radius 1 is 1.09 bits per heavy atom. The van der Waals surface area contributed by atoms with Crippen LogP contribution in [0.15, 0.2) is 36.9 Å². The van der Waals surface area contributed by atoms with Crippen LogP contribution in [0.5, 0.6) is 11.5 Å². The Hall–Kier alpha value is -4.40. The van der Waals surface area contributed by atoms with Crippen molar-refractivity contribution in [1.29, 1.82) is 0 Å². The largest absolute Gasteiger partial charge is 0.497 e. The lowest BCUT2D eigenvalue weighted by molar-refractivity contribution is -0.142. The zero-order chi connectivity index (χ0) is 38.6. The van der Waals surface area contributed by atoms with Gasteiger partial charge >= 0.3 is 6.09 Å². The number of carbonyl (C=O) groups is 4. The summed E-state index contributed by atoms with van der Waals surface area (Å²) in [7, 11) is -2.30. The quantitative estimate of drug-likeness (QED) is 0.350. The number of sulfonamides is 1. The first-order chi connectivity index (χ1) is 25.6. The molecular weight excluding hydrogens is 715 g/mol. The number of nitrogens with zero attached hydrogens (tertiary/aromatic N) is 2. The fraction of sp³-hybridized carbons (Fsp3) is 0.615.